The first-order valence-corrected chi connectivity index (χ1v) is 6.78. The highest BCUT2D eigenvalue weighted by molar-refractivity contribution is 6.42. The molecule has 1 heterocycles. The fourth-order valence-corrected chi connectivity index (χ4v) is 2.60. The molecule has 1 aromatic carbocycles. The third-order valence-electron chi connectivity index (χ3n) is 3.55. The Balaban J connectivity index is 0.00000162. The van der Waals surface area contributed by atoms with Crippen LogP contribution in [0, 0.1) is 0 Å². The molecule has 1 aromatic rings. The molecule has 1 saturated heterocycles. The van der Waals surface area contributed by atoms with Gasteiger partial charge in [0.2, 0.25) is 0 Å². The Morgan fingerprint density at radius 2 is 1.83 bits per heavy atom. The minimum absolute atomic E-state index is 0. The number of nitrogens with zero attached hydrogens (tertiary/aromatic N) is 1. The van der Waals surface area contributed by atoms with E-state index in [1.54, 1.807) is 0 Å². The van der Waals surface area contributed by atoms with Gasteiger partial charge in [-0.2, -0.15) is 0 Å². The molecule has 0 saturated carbocycles. The van der Waals surface area contributed by atoms with Gasteiger partial charge in [-0.05, 0) is 37.5 Å². The van der Waals surface area contributed by atoms with Crippen molar-refractivity contribution >= 4 is 35.6 Å². The van der Waals surface area contributed by atoms with Gasteiger partial charge < -0.3 is 5.73 Å². The van der Waals surface area contributed by atoms with Crippen molar-refractivity contribution in [3.63, 3.8) is 0 Å². The highest BCUT2D eigenvalue weighted by atomic mass is 35.5. The van der Waals surface area contributed by atoms with Crippen LogP contribution >= 0.6 is 35.6 Å². The molecule has 2 nitrogen and oxygen atoms in total. The van der Waals surface area contributed by atoms with Crippen molar-refractivity contribution in [3.8, 4) is 0 Å². The summed E-state index contributed by atoms with van der Waals surface area (Å²) in [5.41, 5.74) is 7.13. The van der Waals surface area contributed by atoms with Gasteiger partial charge in [0.05, 0.1) is 10.0 Å². The van der Waals surface area contributed by atoms with Crippen molar-refractivity contribution in [1.29, 1.82) is 0 Å². The van der Waals surface area contributed by atoms with Crippen LogP contribution in [0.4, 0.5) is 0 Å². The van der Waals surface area contributed by atoms with Crippen LogP contribution < -0.4 is 5.73 Å². The number of hydrogen-bond donors (Lipinski definition) is 1. The molecule has 1 unspecified atom stereocenters. The molecule has 2 N–H and O–H groups in total. The van der Waals surface area contributed by atoms with E-state index in [0.29, 0.717) is 22.1 Å². The highest BCUT2D eigenvalue weighted by Gasteiger charge is 2.21. The molecule has 18 heavy (non-hydrogen) atoms. The quantitative estimate of drug-likeness (QED) is 0.898. The van der Waals surface area contributed by atoms with Crippen molar-refractivity contribution in [2.45, 2.75) is 31.8 Å². The molecule has 1 fully saturated rings. The Morgan fingerprint density at radius 1 is 1.22 bits per heavy atom. The summed E-state index contributed by atoms with van der Waals surface area (Å²) in [6, 6.07) is 6.62. The van der Waals surface area contributed by atoms with Crippen LogP contribution in [0.15, 0.2) is 18.2 Å². The maximum Gasteiger partial charge on any atom is 0.0595 e. The van der Waals surface area contributed by atoms with E-state index in [1.165, 1.54) is 5.56 Å². The van der Waals surface area contributed by atoms with Gasteiger partial charge in [-0.1, -0.05) is 29.3 Å². The summed E-state index contributed by atoms with van der Waals surface area (Å²) in [5, 5.41) is 1.24. The summed E-state index contributed by atoms with van der Waals surface area (Å²) in [4.78, 5) is 2.45. The largest absolute Gasteiger partial charge is 0.328 e. The van der Waals surface area contributed by atoms with Crippen LogP contribution in [0.3, 0.4) is 0 Å². The predicted octanol–water partition coefficient (Wildman–Crippen LogP) is 3.90. The second kappa shape index (κ2) is 6.97. The number of likely N-dealkylation sites (tertiary alicyclic amines) is 1. The minimum atomic E-state index is 0. The molecule has 102 valence electrons. The number of halogens is 3. The zero-order valence-electron chi connectivity index (χ0n) is 10.4. The van der Waals surface area contributed by atoms with Gasteiger partial charge in [0.1, 0.15) is 0 Å². The lowest BCUT2D eigenvalue weighted by Crippen LogP contribution is -2.40. The lowest BCUT2D eigenvalue weighted by molar-refractivity contribution is 0.163. The van der Waals surface area contributed by atoms with Gasteiger partial charge in [0, 0.05) is 25.2 Å². The zero-order valence-corrected chi connectivity index (χ0v) is 12.7. The van der Waals surface area contributed by atoms with Crippen molar-refractivity contribution in [2.75, 3.05) is 13.1 Å². The van der Waals surface area contributed by atoms with E-state index < -0.39 is 0 Å². The molecule has 0 bridgehead atoms. The molecule has 0 aromatic heterocycles. The molecule has 1 atom stereocenters. The number of piperidine rings is 1. The number of rotatable bonds is 2. The van der Waals surface area contributed by atoms with Gasteiger partial charge in [-0.25, -0.2) is 0 Å². The first kappa shape index (κ1) is 16.1. The third-order valence-corrected chi connectivity index (χ3v) is 4.29. The van der Waals surface area contributed by atoms with E-state index in [-0.39, 0.29) is 12.4 Å². The lowest BCUT2D eigenvalue weighted by atomic mass is 10.0. The summed E-state index contributed by atoms with van der Waals surface area (Å²) in [6.45, 7) is 4.32. The Morgan fingerprint density at radius 3 is 2.39 bits per heavy atom. The molecule has 0 spiro atoms. The number of hydrogen-bond acceptors (Lipinski definition) is 2. The van der Waals surface area contributed by atoms with Crippen LogP contribution in [0.2, 0.25) is 10.0 Å². The lowest BCUT2D eigenvalue weighted by Gasteiger charge is -2.35. The van der Waals surface area contributed by atoms with Crippen molar-refractivity contribution in [2.24, 2.45) is 5.73 Å². The maximum atomic E-state index is 6.05. The summed E-state index contributed by atoms with van der Waals surface area (Å²) in [5.74, 6) is 0. The minimum Gasteiger partial charge on any atom is -0.328 e. The van der Waals surface area contributed by atoms with Gasteiger partial charge in [0.25, 0.3) is 0 Å². The Labute approximate surface area is 125 Å². The van der Waals surface area contributed by atoms with Gasteiger partial charge >= 0.3 is 0 Å². The standard InChI is InChI=1S/C13H18Cl2N2.ClH/c1-9(17-6-4-11(16)5-7-17)10-2-3-12(14)13(15)8-10;/h2-3,8-9,11H,4-7,16H2,1H3;1H. The second-order valence-corrected chi connectivity index (χ2v) is 5.54. The van der Waals surface area contributed by atoms with Crippen LogP contribution in [0.5, 0.6) is 0 Å². The monoisotopic (exact) mass is 308 g/mol. The molecule has 2 rings (SSSR count). The zero-order chi connectivity index (χ0) is 12.4. The van der Waals surface area contributed by atoms with Crippen molar-refractivity contribution in [3.05, 3.63) is 33.8 Å². The molecule has 0 amide bonds. The molecule has 5 heteroatoms. The first-order valence-electron chi connectivity index (χ1n) is 6.02. The van der Waals surface area contributed by atoms with Crippen LogP contribution in [0.1, 0.15) is 31.4 Å². The summed E-state index contributed by atoms with van der Waals surface area (Å²) in [7, 11) is 0. The SMILES string of the molecule is CC(c1ccc(Cl)c(Cl)c1)N1CCC(N)CC1.Cl. The highest BCUT2D eigenvalue weighted by Crippen LogP contribution is 2.29. The number of benzene rings is 1. The first-order chi connectivity index (χ1) is 8.08. The summed E-state index contributed by atoms with van der Waals surface area (Å²) >= 11 is 12.0. The molecule has 1 aliphatic rings. The van der Waals surface area contributed by atoms with E-state index in [9.17, 15) is 0 Å². The summed E-state index contributed by atoms with van der Waals surface area (Å²) in [6.07, 6.45) is 2.15. The van der Waals surface area contributed by atoms with E-state index in [1.807, 2.05) is 18.2 Å². The van der Waals surface area contributed by atoms with E-state index >= 15 is 0 Å². The Hall–Kier alpha value is 0.01000. The fraction of sp³-hybridized carbons (Fsp3) is 0.538. The maximum absolute atomic E-state index is 6.05. The van der Waals surface area contributed by atoms with Gasteiger partial charge in [0.15, 0.2) is 0 Å². The van der Waals surface area contributed by atoms with E-state index in [4.69, 9.17) is 28.9 Å². The smallest absolute Gasteiger partial charge is 0.0595 e. The molecule has 1 aliphatic heterocycles. The molecule has 0 radical (unpaired) electrons. The predicted molar refractivity (Wildman–Crippen MR) is 80.9 cm³/mol. The average Bonchev–Trinajstić information content (AvgIpc) is 2.33. The Bertz CT molecular complexity index is 390. The van der Waals surface area contributed by atoms with Crippen molar-refractivity contribution in [1.82, 2.24) is 4.90 Å². The van der Waals surface area contributed by atoms with Crippen LogP contribution in [-0.4, -0.2) is 24.0 Å². The Kier molecular flexibility index (Phi) is 6.22. The topological polar surface area (TPSA) is 29.3 Å². The van der Waals surface area contributed by atoms with E-state index in [0.717, 1.165) is 25.9 Å². The summed E-state index contributed by atoms with van der Waals surface area (Å²) < 4.78 is 0. The molecular weight excluding hydrogens is 291 g/mol. The third kappa shape index (κ3) is 3.75. The van der Waals surface area contributed by atoms with Crippen LogP contribution in [0.25, 0.3) is 0 Å². The average molecular weight is 310 g/mol. The molecular formula is C13H19Cl3N2. The fourth-order valence-electron chi connectivity index (χ4n) is 2.29. The van der Waals surface area contributed by atoms with Gasteiger partial charge in [-0.3, -0.25) is 4.90 Å². The molecule has 0 aliphatic carbocycles. The van der Waals surface area contributed by atoms with Crippen molar-refractivity contribution < 1.29 is 0 Å². The normalized spacial score (nSPS) is 19.3. The van der Waals surface area contributed by atoms with Crippen LogP contribution in [-0.2, 0) is 0 Å². The number of nitrogens with two attached hydrogens (primary N) is 1. The second-order valence-electron chi connectivity index (χ2n) is 4.72. The van der Waals surface area contributed by atoms with Gasteiger partial charge in [-0.15, -0.1) is 12.4 Å². The van der Waals surface area contributed by atoms with E-state index in [2.05, 4.69) is 11.8 Å².